The van der Waals surface area contributed by atoms with Crippen LogP contribution in [0.2, 0.25) is 5.02 Å². The summed E-state index contributed by atoms with van der Waals surface area (Å²) in [7, 11) is 0. The van der Waals surface area contributed by atoms with Crippen molar-refractivity contribution in [2.24, 2.45) is 5.41 Å². The molecular weight excluding hydrogens is 278 g/mol. The number of benzene rings is 1. The predicted molar refractivity (Wildman–Crippen MR) is 81.5 cm³/mol. The van der Waals surface area contributed by atoms with Crippen molar-refractivity contribution in [3.8, 4) is 0 Å². The Balaban J connectivity index is 2.10. The molecule has 0 unspecified atom stereocenters. The van der Waals surface area contributed by atoms with Gasteiger partial charge in [0.15, 0.2) is 0 Å². The minimum atomic E-state index is -0.451. The molecule has 1 heterocycles. The van der Waals surface area contributed by atoms with E-state index in [2.05, 4.69) is 17.6 Å². The molecule has 1 aliphatic rings. The number of nitro benzene ring substituents is 1. The second-order valence-electron chi connectivity index (χ2n) is 5.79. The summed E-state index contributed by atoms with van der Waals surface area (Å²) in [6.45, 7) is 7.06. The van der Waals surface area contributed by atoms with Gasteiger partial charge in [0.2, 0.25) is 0 Å². The van der Waals surface area contributed by atoms with Gasteiger partial charge >= 0.3 is 0 Å². The Morgan fingerprint density at radius 2 is 2.10 bits per heavy atom. The third-order valence-electron chi connectivity index (χ3n) is 4.01. The van der Waals surface area contributed by atoms with Crippen LogP contribution in [0, 0.1) is 22.5 Å². The van der Waals surface area contributed by atoms with Gasteiger partial charge < -0.3 is 10.6 Å². The van der Waals surface area contributed by atoms with Gasteiger partial charge in [0.1, 0.15) is 5.02 Å². The standard InChI is InChI=1S/C14H20ClN3O2/c1-10-7-13(18(19)20)11(15)8-12(10)17-9-14(2)3-5-16-6-4-14/h7-8,16-17H,3-6,9H2,1-2H3. The molecule has 1 fully saturated rings. The van der Waals surface area contributed by atoms with E-state index in [0.29, 0.717) is 0 Å². The lowest BCUT2D eigenvalue weighted by atomic mass is 9.81. The molecule has 2 N–H and O–H groups in total. The Labute approximate surface area is 123 Å². The number of hydrogen-bond acceptors (Lipinski definition) is 4. The Morgan fingerprint density at radius 3 is 2.70 bits per heavy atom. The number of nitro groups is 1. The molecule has 0 atom stereocenters. The normalized spacial score (nSPS) is 17.8. The van der Waals surface area contributed by atoms with E-state index in [0.717, 1.165) is 43.7 Å². The lowest BCUT2D eigenvalue weighted by Crippen LogP contribution is -2.39. The average molecular weight is 298 g/mol. The Hall–Kier alpha value is -1.33. The van der Waals surface area contributed by atoms with Crippen molar-refractivity contribution in [1.29, 1.82) is 0 Å². The minimum absolute atomic E-state index is 0.0391. The Bertz CT molecular complexity index is 513. The van der Waals surface area contributed by atoms with E-state index in [1.54, 1.807) is 6.07 Å². The molecule has 0 radical (unpaired) electrons. The Morgan fingerprint density at radius 1 is 1.45 bits per heavy atom. The molecule has 0 aliphatic carbocycles. The SMILES string of the molecule is Cc1cc([N+](=O)[O-])c(Cl)cc1NCC1(C)CCNCC1. The number of piperidine rings is 1. The highest BCUT2D eigenvalue weighted by atomic mass is 35.5. The smallest absolute Gasteiger partial charge is 0.288 e. The van der Waals surface area contributed by atoms with Gasteiger partial charge in [-0.2, -0.15) is 0 Å². The molecular formula is C14H20ClN3O2. The van der Waals surface area contributed by atoms with Crippen LogP contribution >= 0.6 is 11.6 Å². The molecule has 1 aliphatic heterocycles. The van der Waals surface area contributed by atoms with Crippen LogP contribution < -0.4 is 10.6 Å². The van der Waals surface area contributed by atoms with Crippen LogP contribution in [0.5, 0.6) is 0 Å². The number of aryl methyl sites for hydroxylation is 1. The number of nitrogens with zero attached hydrogens (tertiary/aromatic N) is 1. The van der Waals surface area contributed by atoms with E-state index >= 15 is 0 Å². The molecule has 0 spiro atoms. The maximum atomic E-state index is 10.8. The second-order valence-corrected chi connectivity index (χ2v) is 6.20. The van der Waals surface area contributed by atoms with Crippen LogP contribution in [0.3, 0.4) is 0 Å². The minimum Gasteiger partial charge on any atom is -0.384 e. The summed E-state index contributed by atoms with van der Waals surface area (Å²) < 4.78 is 0. The molecule has 1 saturated heterocycles. The fourth-order valence-electron chi connectivity index (χ4n) is 2.51. The van der Waals surface area contributed by atoms with E-state index in [4.69, 9.17) is 11.6 Å². The van der Waals surface area contributed by atoms with Crippen molar-refractivity contribution in [1.82, 2.24) is 5.32 Å². The van der Waals surface area contributed by atoms with Crippen LogP contribution in [0.1, 0.15) is 25.3 Å². The average Bonchev–Trinajstić information content (AvgIpc) is 2.40. The van der Waals surface area contributed by atoms with Gasteiger partial charge in [-0.05, 0) is 49.9 Å². The maximum Gasteiger partial charge on any atom is 0.288 e. The first-order chi connectivity index (χ1) is 9.41. The van der Waals surface area contributed by atoms with Crippen molar-refractivity contribution in [3.63, 3.8) is 0 Å². The van der Waals surface area contributed by atoms with E-state index in [9.17, 15) is 10.1 Å². The van der Waals surface area contributed by atoms with Crippen LogP contribution in [-0.2, 0) is 0 Å². The summed E-state index contributed by atoms with van der Waals surface area (Å²) in [5.41, 5.74) is 1.94. The van der Waals surface area contributed by atoms with Crippen LogP contribution in [-0.4, -0.2) is 24.6 Å². The second kappa shape index (κ2) is 5.97. The number of nitrogens with one attached hydrogen (secondary N) is 2. The lowest BCUT2D eigenvalue weighted by Gasteiger charge is -2.34. The summed E-state index contributed by atoms with van der Waals surface area (Å²) in [5, 5.41) is 17.8. The Kier molecular flexibility index (Phi) is 4.50. The highest BCUT2D eigenvalue weighted by Gasteiger charge is 2.26. The molecule has 110 valence electrons. The molecule has 1 aromatic carbocycles. The molecule has 0 amide bonds. The van der Waals surface area contributed by atoms with Crippen molar-refractivity contribution in [2.75, 3.05) is 25.0 Å². The molecule has 2 rings (SSSR count). The van der Waals surface area contributed by atoms with E-state index < -0.39 is 4.92 Å². The molecule has 20 heavy (non-hydrogen) atoms. The molecule has 6 heteroatoms. The maximum absolute atomic E-state index is 10.8. The molecule has 0 bridgehead atoms. The third kappa shape index (κ3) is 3.41. The first-order valence-corrected chi connectivity index (χ1v) is 7.18. The molecule has 1 aromatic rings. The largest absolute Gasteiger partial charge is 0.384 e. The molecule has 0 aromatic heterocycles. The van der Waals surface area contributed by atoms with Gasteiger partial charge in [-0.15, -0.1) is 0 Å². The summed E-state index contributed by atoms with van der Waals surface area (Å²) in [6, 6.07) is 3.18. The lowest BCUT2D eigenvalue weighted by molar-refractivity contribution is -0.384. The van der Waals surface area contributed by atoms with Crippen molar-refractivity contribution in [3.05, 3.63) is 32.8 Å². The molecule has 5 nitrogen and oxygen atoms in total. The van der Waals surface area contributed by atoms with Crippen molar-refractivity contribution >= 4 is 23.0 Å². The summed E-state index contributed by atoms with van der Waals surface area (Å²) in [5.74, 6) is 0. The topological polar surface area (TPSA) is 67.2 Å². The van der Waals surface area contributed by atoms with Crippen LogP contribution in [0.15, 0.2) is 12.1 Å². The monoisotopic (exact) mass is 297 g/mol. The van der Waals surface area contributed by atoms with Gasteiger partial charge in [-0.3, -0.25) is 10.1 Å². The predicted octanol–water partition coefficient (Wildman–Crippen LogP) is 3.36. The van der Waals surface area contributed by atoms with Crippen LogP contribution in [0.4, 0.5) is 11.4 Å². The zero-order chi connectivity index (χ0) is 14.8. The highest BCUT2D eigenvalue weighted by molar-refractivity contribution is 6.33. The summed E-state index contributed by atoms with van der Waals surface area (Å²) >= 11 is 5.96. The number of hydrogen-bond donors (Lipinski definition) is 2. The first-order valence-electron chi connectivity index (χ1n) is 6.80. The van der Waals surface area contributed by atoms with E-state index in [1.807, 2.05) is 6.92 Å². The van der Waals surface area contributed by atoms with Crippen molar-refractivity contribution in [2.45, 2.75) is 26.7 Å². The quantitative estimate of drug-likeness (QED) is 0.660. The van der Waals surface area contributed by atoms with Crippen LogP contribution in [0.25, 0.3) is 0 Å². The van der Waals surface area contributed by atoms with Gasteiger partial charge in [-0.1, -0.05) is 18.5 Å². The zero-order valence-corrected chi connectivity index (χ0v) is 12.6. The van der Waals surface area contributed by atoms with Gasteiger partial charge in [0.05, 0.1) is 4.92 Å². The number of rotatable bonds is 4. The van der Waals surface area contributed by atoms with E-state index in [-0.39, 0.29) is 16.1 Å². The third-order valence-corrected chi connectivity index (χ3v) is 4.31. The number of anilines is 1. The van der Waals surface area contributed by atoms with E-state index in [1.165, 1.54) is 6.07 Å². The highest BCUT2D eigenvalue weighted by Crippen LogP contribution is 2.33. The van der Waals surface area contributed by atoms with Gasteiger partial charge in [0, 0.05) is 18.3 Å². The fourth-order valence-corrected chi connectivity index (χ4v) is 2.75. The zero-order valence-electron chi connectivity index (χ0n) is 11.8. The summed E-state index contributed by atoms with van der Waals surface area (Å²) in [4.78, 5) is 10.4. The number of halogens is 1. The summed E-state index contributed by atoms with van der Waals surface area (Å²) in [6.07, 6.45) is 2.25. The first kappa shape index (κ1) is 15.1. The molecule has 0 saturated carbocycles. The van der Waals surface area contributed by atoms with Gasteiger partial charge in [-0.25, -0.2) is 0 Å². The fraction of sp³-hybridized carbons (Fsp3) is 0.571. The van der Waals surface area contributed by atoms with Gasteiger partial charge in [0.25, 0.3) is 5.69 Å². The van der Waals surface area contributed by atoms with Crippen molar-refractivity contribution < 1.29 is 4.92 Å².